The van der Waals surface area contributed by atoms with Crippen LogP contribution in [0, 0.1) is 5.92 Å². The van der Waals surface area contributed by atoms with E-state index in [4.69, 9.17) is 0 Å². The van der Waals surface area contributed by atoms with E-state index in [1.165, 1.54) is 12.8 Å². The van der Waals surface area contributed by atoms with Crippen LogP contribution in [0.4, 0.5) is 5.69 Å². The van der Waals surface area contributed by atoms with Crippen LogP contribution in [0.3, 0.4) is 0 Å². The molecule has 0 unspecified atom stereocenters. The van der Waals surface area contributed by atoms with E-state index in [2.05, 4.69) is 17.1 Å². The molecule has 0 radical (unpaired) electrons. The van der Waals surface area contributed by atoms with Crippen LogP contribution in [0.1, 0.15) is 45.4 Å². The number of anilines is 1. The van der Waals surface area contributed by atoms with Gasteiger partial charge in [0.05, 0.1) is 11.4 Å². The van der Waals surface area contributed by atoms with Crippen molar-refractivity contribution in [3.63, 3.8) is 0 Å². The molecule has 1 heterocycles. The number of nitrogens with one attached hydrogen (secondary N) is 1. The molecule has 1 aliphatic heterocycles. The standard InChI is InChI=1S/C20H31N3O3S/c1-2-22(15-17-7-8-17)16-20(24)21-18-9-11-19(12-10-18)27(25,26)23-13-5-3-4-6-14-23/h9-12,17H,2-8,13-16H2,1H3,(H,21,24). The average molecular weight is 394 g/mol. The fraction of sp³-hybridized carbons (Fsp3) is 0.650. The maximum Gasteiger partial charge on any atom is 0.243 e. The number of amides is 1. The minimum Gasteiger partial charge on any atom is -0.325 e. The zero-order chi connectivity index (χ0) is 19.3. The van der Waals surface area contributed by atoms with Crippen LogP contribution in [-0.2, 0) is 14.8 Å². The summed E-state index contributed by atoms with van der Waals surface area (Å²) in [5.74, 6) is 0.696. The van der Waals surface area contributed by atoms with Crippen molar-refractivity contribution in [2.75, 3.05) is 38.0 Å². The van der Waals surface area contributed by atoms with E-state index in [9.17, 15) is 13.2 Å². The molecule has 7 heteroatoms. The Balaban J connectivity index is 1.58. The summed E-state index contributed by atoms with van der Waals surface area (Å²) in [4.78, 5) is 14.7. The fourth-order valence-electron chi connectivity index (χ4n) is 3.52. The van der Waals surface area contributed by atoms with Crippen LogP contribution in [0.15, 0.2) is 29.2 Å². The predicted molar refractivity (Wildman–Crippen MR) is 107 cm³/mol. The summed E-state index contributed by atoms with van der Waals surface area (Å²) in [6.45, 7) is 5.47. The van der Waals surface area contributed by atoms with E-state index in [1.54, 1.807) is 28.6 Å². The van der Waals surface area contributed by atoms with Crippen LogP contribution in [0.25, 0.3) is 0 Å². The Morgan fingerprint density at radius 1 is 1.11 bits per heavy atom. The summed E-state index contributed by atoms with van der Waals surface area (Å²) in [5, 5.41) is 2.88. The first-order chi connectivity index (χ1) is 13.0. The highest BCUT2D eigenvalue weighted by atomic mass is 32.2. The van der Waals surface area contributed by atoms with Crippen LogP contribution in [0.2, 0.25) is 0 Å². The maximum atomic E-state index is 12.8. The second kappa shape index (κ2) is 9.17. The van der Waals surface area contributed by atoms with Gasteiger partial charge >= 0.3 is 0 Å². The smallest absolute Gasteiger partial charge is 0.243 e. The quantitative estimate of drug-likeness (QED) is 0.737. The van der Waals surface area contributed by atoms with Gasteiger partial charge in [0.25, 0.3) is 0 Å². The Kier molecular flexibility index (Phi) is 6.89. The number of benzene rings is 1. The predicted octanol–water partition coefficient (Wildman–Crippen LogP) is 2.92. The molecular formula is C20H31N3O3S. The molecule has 150 valence electrons. The highest BCUT2D eigenvalue weighted by Crippen LogP contribution is 2.29. The molecule has 1 N–H and O–H groups in total. The van der Waals surface area contributed by atoms with Gasteiger partial charge in [0, 0.05) is 25.3 Å². The molecule has 0 bridgehead atoms. The number of hydrogen-bond acceptors (Lipinski definition) is 4. The molecule has 0 aromatic heterocycles. The molecule has 1 saturated carbocycles. The van der Waals surface area contributed by atoms with Crippen molar-refractivity contribution in [1.29, 1.82) is 0 Å². The average Bonchev–Trinajstić information content (AvgIpc) is 3.48. The summed E-state index contributed by atoms with van der Waals surface area (Å²) >= 11 is 0. The molecule has 1 aromatic rings. The molecular weight excluding hydrogens is 362 g/mol. The van der Waals surface area contributed by atoms with Gasteiger partial charge in [-0.05, 0) is 62.4 Å². The van der Waals surface area contributed by atoms with Gasteiger partial charge in [-0.25, -0.2) is 8.42 Å². The van der Waals surface area contributed by atoms with Gasteiger partial charge in [-0.3, -0.25) is 9.69 Å². The van der Waals surface area contributed by atoms with Crippen molar-refractivity contribution in [2.24, 2.45) is 5.92 Å². The van der Waals surface area contributed by atoms with Crippen LogP contribution < -0.4 is 5.32 Å². The van der Waals surface area contributed by atoms with E-state index in [1.807, 2.05) is 0 Å². The third-order valence-corrected chi connectivity index (χ3v) is 7.28. The van der Waals surface area contributed by atoms with Gasteiger partial charge in [-0.15, -0.1) is 0 Å². The van der Waals surface area contributed by atoms with Crippen molar-refractivity contribution >= 4 is 21.6 Å². The molecule has 1 aromatic carbocycles. The van der Waals surface area contributed by atoms with Gasteiger partial charge in [-0.2, -0.15) is 4.31 Å². The Bertz CT molecular complexity index is 721. The third-order valence-electron chi connectivity index (χ3n) is 5.37. The van der Waals surface area contributed by atoms with Crippen LogP contribution >= 0.6 is 0 Å². The summed E-state index contributed by atoms with van der Waals surface area (Å²) in [6, 6.07) is 6.55. The summed E-state index contributed by atoms with van der Waals surface area (Å²) in [5.41, 5.74) is 0.636. The lowest BCUT2D eigenvalue weighted by Gasteiger charge is -2.20. The van der Waals surface area contributed by atoms with E-state index in [0.717, 1.165) is 44.7 Å². The molecule has 2 fully saturated rings. The Morgan fingerprint density at radius 2 is 1.74 bits per heavy atom. The lowest BCUT2D eigenvalue weighted by Crippen LogP contribution is -2.34. The number of hydrogen-bond donors (Lipinski definition) is 1. The zero-order valence-electron chi connectivity index (χ0n) is 16.2. The van der Waals surface area contributed by atoms with Crippen molar-refractivity contribution < 1.29 is 13.2 Å². The van der Waals surface area contributed by atoms with E-state index in [-0.39, 0.29) is 5.91 Å². The number of carbonyl (C=O) groups excluding carboxylic acids is 1. The number of carbonyl (C=O) groups is 1. The summed E-state index contributed by atoms with van der Waals surface area (Å²) in [6.07, 6.45) is 6.56. The highest BCUT2D eigenvalue weighted by molar-refractivity contribution is 7.89. The fourth-order valence-corrected chi connectivity index (χ4v) is 5.03. The molecule has 3 rings (SSSR count). The Hall–Kier alpha value is -1.44. The van der Waals surface area contributed by atoms with Gasteiger partial charge in [0.2, 0.25) is 15.9 Å². The molecule has 0 spiro atoms. The number of nitrogens with zero attached hydrogens (tertiary/aromatic N) is 2. The van der Waals surface area contributed by atoms with Crippen molar-refractivity contribution in [2.45, 2.75) is 50.3 Å². The summed E-state index contributed by atoms with van der Waals surface area (Å²) in [7, 11) is -3.45. The highest BCUT2D eigenvalue weighted by Gasteiger charge is 2.26. The molecule has 27 heavy (non-hydrogen) atoms. The lowest BCUT2D eigenvalue weighted by molar-refractivity contribution is -0.117. The number of likely N-dealkylation sites (N-methyl/N-ethyl adjacent to an activating group) is 1. The van der Waals surface area contributed by atoms with Gasteiger partial charge in [0.1, 0.15) is 0 Å². The van der Waals surface area contributed by atoms with Crippen LogP contribution in [-0.4, -0.2) is 56.3 Å². The number of sulfonamides is 1. The van der Waals surface area contributed by atoms with Crippen molar-refractivity contribution in [3.05, 3.63) is 24.3 Å². The minimum atomic E-state index is -3.45. The topological polar surface area (TPSA) is 69.7 Å². The SMILES string of the molecule is CCN(CC(=O)Nc1ccc(S(=O)(=O)N2CCCCCC2)cc1)CC1CC1. The second-order valence-corrected chi connectivity index (χ2v) is 9.60. The van der Waals surface area contributed by atoms with E-state index >= 15 is 0 Å². The molecule has 1 aliphatic carbocycles. The van der Waals surface area contributed by atoms with Crippen molar-refractivity contribution in [1.82, 2.24) is 9.21 Å². The number of rotatable bonds is 8. The van der Waals surface area contributed by atoms with Gasteiger partial charge in [-0.1, -0.05) is 19.8 Å². The van der Waals surface area contributed by atoms with Gasteiger partial charge in [0.15, 0.2) is 0 Å². The minimum absolute atomic E-state index is 0.0550. The summed E-state index contributed by atoms with van der Waals surface area (Å²) < 4.78 is 27.2. The molecule has 6 nitrogen and oxygen atoms in total. The van der Waals surface area contributed by atoms with E-state index in [0.29, 0.717) is 30.2 Å². The first kappa shape index (κ1) is 20.3. The molecule has 0 atom stereocenters. The third kappa shape index (κ3) is 5.77. The van der Waals surface area contributed by atoms with Crippen molar-refractivity contribution in [3.8, 4) is 0 Å². The Labute approximate surface area is 163 Å². The van der Waals surface area contributed by atoms with Gasteiger partial charge < -0.3 is 5.32 Å². The van der Waals surface area contributed by atoms with E-state index < -0.39 is 10.0 Å². The first-order valence-electron chi connectivity index (χ1n) is 10.1. The monoisotopic (exact) mass is 393 g/mol. The Morgan fingerprint density at radius 3 is 2.30 bits per heavy atom. The second-order valence-electron chi connectivity index (χ2n) is 7.66. The van der Waals surface area contributed by atoms with Crippen LogP contribution in [0.5, 0.6) is 0 Å². The first-order valence-corrected chi connectivity index (χ1v) is 11.6. The molecule has 1 amide bonds. The lowest BCUT2D eigenvalue weighted by atomic mass is 10.2. The largest absolute Gasteiger partial charge is 0.325 e. The zero-order valence-corrected chi connectivity index (χ0v) is 17.0. The maximum absolute atomic E-state index is 12.8. The normalized spacial score (nSPS) is 19.0. The molecule has 2 aliphatic rings. The molecule has 1 saturated heterocycles.